The minimum absolute atomic E-state index is 0.154. The normalized spacial score (nSPS) is 19.7. The molecule has 2 aliphatic heterocycles. The van der Waals surface area contributed by atoms with Crippen LogP contribution in [0.2, 0.25) is 0 Å². The Labute approximate surface area is 172 Å². The second kappa shape index (κ2) is 9.37. The number of morpholine rings is 1. The van der Waals surface area contributed by atoms with Crippen LogP contribution in [0.15, 0.2) is 48.8 Å². The number of aromatic nitrogens is 1. The molecule has 2 fully saturated rings. The Hall–Kier alpha value is -2.44. The SMILES string of the molecule is Cc1cccc(OC2CCN(C(=O)C(c3cccnc3)N3CCOCC3)CC2)c1. The number of amides is 1. The summed E-state index contributed by atoms with van der Waals surface area (Å²) in [4.78, 5) is 21.9. The van der Waals surface area contributed by atoms with Crippen LogP contribution < -0.4 is 4.74 Å². The van der Waals surface area contributed by atoms with E-state index in [2.05, 4.69) is 28.9 Å². The van der Waals surface area contributed by atoms with E-state index < -0.39 is 0 Å². The fraction of sp³-hybridized carbons (Fsp3) is 0.478. The average molecular weight is 396 g/mol. The van der Waals surface area contributed by atoms with Crippen LogP contribution in [0.3, 0.4) is 0 Å². The first-order valence-electron chi connectivity index (χ1n) is 10.4. The molecule has 154 valence electrons. The lowest BCUT2D eigenvalue weighted by Crippen LogP contribution is -2.50. The first kappa shape index (κ1) is 19.9. The van der Waals surface area contributed by atoms with E-state index in [1.807, 2.05) is 35.4 Å². The van der Waals surface area contributed by atoms with E-state index in [-0.39, 0.29) is 18.1 Å². The highest BCUT2D eigenvalue weighted by Gasteiger charge is 2.34. The monoisotopic (exact) mass is 395 g/mol. The predicted octanol–water partition coefficient (Wildman–Crippen LogP) is 2.83. The number of likely N-dealkylation sites (tertiary alicyclic amines) is 1. The molecule has 6 heteroatoms. The minimum atomic E-state index is -0.290. The third-order valence-corrected chi connectivity index (χ3v) is 5.69. The van der Waals surface area contributed by atoms with E-state index in [1.54, 1.807) is 6.20 Å². The molecular formula is C23H29N3O3. The van der Waals surface area contributed by atoms with Gasteiger partial charge in [-0.05, 0) is 36.2 Å². The van der Waals surface area contributed by atoms with Crippen LogP contribution in [0.5, 0.6) is 5.75 Å². The van der Waals surface area contributed by atoms with Crippen molar-refractivity contribution in [3.05, 3.63) is 59.9 Å². The van der Waals surface area contributed by atoms with Gasteiger partial charge in [0.2, 0.25) is 5.91 Å². The largest absolute Gasteiger partial charge is 0.490 e. The molecule has 1 atom stereocenters. The second-order valence-corrected chi connectivity index (χ2v) is 7.80. The highest BCUT2D eigenvalue weighted by Crippen LogP contribution is 2.27. The van der Waals surface area contributed by atoms with Gasteiger partial charge in [0.25, 0.3) is 0 Å². The fourth-order valence-corrected chi connectivity index (χ4v) is 4.13. The molecule has 0 N–H and O–H groups in total. The number of carbonyl (C=O) groups is 1. The molecule has 0 spiro atoms. The molecule has 1 aromatic carbocycles. The molecule has 2 saturated heterocycles. The summed E-state index contributed by atoms with van der Waals surface area (Å²) < 4.78 is 11.6. The molecule has 3 heterocycles. The maximum absolute atomic E-state index is 13.5. The van der Waals surface area contributed by atoms with Gasteiger partial charge in [0, 0.05) is 51.4 Å². The van der Waals surface area contributed by atoms with E-state index in [0.29, 0.717) is 13.2 Å². The topological polar surface area (TPSA) is 54.9 Å². The van der Waals surface area contributed by atoms with Gasteiger partial charge in [0.05, 0.1) is 13.2 Å². The number of aryl methyl sites for hydroxylation is 1. The van der Waals surface area contributed by atoms with Gasteiger partial charge in [-0.25, -0.2) is 0 Å². The summed E-state index contributed by atoms with van der Waals surface area (Å²) in [5, 5.41) is 0. The lowest BCUT2D eigenvalue weighted by atomic mass is 10.0. The lowest BCUT2D eigenvalue weighted by Gasteiger charge is -2.39. The molecule has 4 rings (SSSR count). The summed E-state index contributed by atoms with van der Waals surface area (Å²) in [6, 6.07) is 11.8. The summed E-state index contributed by atoms with van der Waals surface area (Å²) in [7, 11) is 0. The Morgan fingerprint density at radius 3 is 2.62 bits per heavy atom. The third-order valence-electron chi connectivity index (χ3n) is 5.69. The molecule has 29 heavy (non-hydrogen) atoms. The van der Waals surface area contributed by atoms with E-state index in [1.165, 1.54) is 5.56 Å². The predicted molar refractivity (Wildman–Crippen MR) is 111 cm³/mol. The molecule has 1 aromatic heterocycles. The Kier molecular flexibility index (Phi) is 6.42. The number of pyridine rings is 1. The third kappa shape index (κ3) is 4.95. The maximum atomic E-state index is 13.5. The van der Waals surface area contributed by atoms with Gasteiger partial charge < -0.3 is 14.4 Å². The molecule has 1 amide bonds. The Morgan fingerprint density at radius 2 is 1.93 bits per heavy atom. The van der Waals surface area contributed by atoms with Gasteiger partial charge in [-0.1, -0.05) is 18.2 Å². The fourth-order valence-electron chi connectivity index (χ4n) is 4.13. The zero-order valence-electron chi connectivity index (χ0n) is 17.0. The van der Waals surface area contributed by atoms with Gasteiger partial charge >= 0.3 is 0 Å². The standard InChI is InChI=1S/C23H29N3O3/c1-18-4-2-6-21(16-18)29-20-7-10-26(11-8-20)23(27)22(19-5-3-9-24-17-19)25-12-14-28-15-13-25/h2-6,9,16-17,20,22H,7-8,10-15H2,1H3. The van der Waals surface area contributed by atoms with Gasteiger partial charge in [-0.2, -0.15) is 0 Å². The van der Waals surface area contributed by atoms with E-state index in [9.17, 15) is 4.79 Å². The molecule has 2 aliphatic rings. The van der Waals surface area contributed by atoms with Crippen LogP contribution in [0.1, 0.15) is 30.0 Å². The summed E-state index contributed by atoms with van der Waals surface area (Å²) in [5.74, 6) is 1.07. The lowest BCUT2D eigenvalue weighted by molar-refractivity contribution is -0.141. The van der Waals surface area contributed by atoms with Crippen LogP contribution in [-0.2, 0) is 9.53 Å². The van der Waals surface area contributed by atoms with Crippen molar-refractivity contribution in [1.82, 2.24) is 14.8 Å². The first-order valence-corrected chi connectivity index (χ1v) is 10.4. The van der Waals surface area contributed by atoms with Gasteiger partial charge in [-0.15, -0.1) is 0 Å². The van der Waals surface area contributed by atoms with Crippen LogP contribution in [0.4, 0.5) is 0 Å². The van der Waals surface area contributed by atoms with Crippen LogP contribution in [-0.4, -0.2) is 66.2 Å². The Bertz CT molecular complexity index is 800. The van der Waals surface area contributed by atoms with Crippen molar-refractivity contribution < 1.29 is 14.3 Å². The average Bonchev–Trinajstić information content (AvgIpc) is 2.76. The first-order chi connectivity index (χ1) is 14.2. The zero-order valence-corrected chi connectivity index (χ0v) is 17.0. The summed E-state index contributed by atoms with van der Waals surface area (Å²) in [6.07, 6.45) is 5.41. The molecule has 1 unspecified atom stereocenters. The number of carbonyl (C=O) groups excluding carboxylic acids is 1. The number of rotatable bonds is 5. The number of ether oxygens (including phenoxy) is 2. The Morgan fingerprint density at radius 1 is 1.14 bits per heavy atom. The molecule has 0 bridgehead atoms. The highest BCUT2D eigenvalue weighted by molar-refractivity contribution is 5.83. The van der Waals surface area contributed by atoms with Gasteiger partial charge in [0.1, 0.15) is 17.9 Å². The molecule has 0 saturated carbocycles. The zero-order chi connectivity index (χ0) is 20.1. The van der Waals surface area contributed by atoms with Crippen molar-refractivity contribution in [2.45, 2.75) is 31.9 Å². The smallest absolute Gasteiger partial charge is 0.244 e. The molecule has 6 nitrogen and oxygen atoms in total. The van der Waals surface area contributed by atoms with Gasteiger partial charge in [-0.3, -0.25) is 14.7 Å². The van der Waals surface area contributed by atoms with Crippen LogP contribution in [0, 0.1) is 6.92 Å². The van der Waals surface area contributed by atoms with Crippen molar-refractivity contribution in [3.8, 4) is 5.75 Å². The quantitative estimate of drug-likeness (QED) is 0.779. The van der Waals surface area contributed by atoms with Gasteiger partial charge in [0.15, 0.2) is 0 Å². The highest BCUT2D eigenvalue weighted by atomic mass is 16.5. The molecular weight excluding hydrogens is 366 g/mol. The van der Waals surface area contributed by atoms with Crippen molar-refractivity contribution >= 4 is 5.91 Å². The van der Waals surface area contributed by atoms with Crippen molar-refractivity contribution in [3.63, 3.8) is 0 Å². The van der Waals surface area contributed by atoms with Crippen molar-refractivity contribution in [2.75, 3.05) is 39.4 Å². The molecule has 0 aliphatic carbocycles. The summed E-state index contributed by atoms with van der Waals surface area (Å²) in [6.45, 7) is 6.36. The summed E-state index contributed by atoms with van der Waals surface area (Å²) >= 11 is 0. The van der Waals surface area contributed by atoms with E-state index >= 15 is 0 Å². The number of hydrogen-bond acceptors (Lipinski definition) is 5. The molecule has 0 radical (unpaired) electrons. The number of hydrogen-bond donors (Lipinski definition) is 0. The van der Waals surface area contributed by atoms with Crippen molar-refractivity contribution in [1.29, 1.82) is 0 Å². The van der Waals surface area contributed by atoms with Crippen LogP contribution >= 0.6 is 0 Å². The van der Waals surface area contributed by atoms with E-state index in [0.717, 1.165) is 50.3 Å². The second-order valence-electron chi connectivity index (χ2n) is 7.80. The van der Waals surface area contributed by atoms with Crippen molar-refractivity contribution in [2.24, 2.45) is 0 Å². The number of piperidine rings is 1. The number of benzene rings is 1. The van der Waals surface area contributed by atoms with Crippen LogP contribution in [0.25, 0.3) is 0 Å². The number of nitrogens with zero attached hydrogens (tertiary/aromatic N) is 3. The Balaban J connectivity index is 1.41. The van der Waals surface area contributed by atoms with E-state index in [4.69, 9.17) is 9.47 Å². The maximum Gasteiger partial charge on any atom is 0.244 e. The minimum Gasteiger partial charge on any atom is -0.490 e. The molecule has 2 aromatic rings. The summed E-state index contributed by atoms with van der Waals surface area (Å²) in [5.41, 5.74) is 2.15.